The van der Waals surface area contributed by atoms with Gasteiger partial charge >= 0.3 is 0 Å². The zero-order chi connectivity index (χ0) is 44.3. The maximum atomic E-state index is 5.08. The van der Waals surface area contributed by atoms with E-state index in [4.69, 9.17) is 15.0 Å². The van der Waals surface area contributed by atoms with Gasteiger partial charge in [-0.3, -0.25) is 9.13 Å². The Morgan fingerprint density at radius 1 is 0.631 bits per heavy atom. The van der Waals surface area contributed by atoms with Crippen LogP contribution in [0.3, 0.4) is 0 Å². The fraction of sp³-hybridized carbons (Fsp3) is 0.388. The fourth-order valence-corrected chi connectivity index (χ4v) is 9.87. The number of nitrogens with one attached hydrogen (secondary N) is 3. The van der Waals surface area contributed by atoms with Gasteiger partial charge in [0, 0.05) is 43.6 Å². The van der Waals surface area contributed by atoms with E-state index in [1.165, 1.54) is 42.5 Å². The third kappa shape index (κ3) is 8.34. The number of piperazine rings is 1. The second-order valence-electron chi connectivity index (χ2n) is 17.3. The molecule has 4 aliphatic rings. The second kappa shape index (κ2) is 18.6. The van der Waals surface area contributed by atoms with Gasteiger partial charge < -0.3 is 30.7 Å². The van der Waals surface area contributed by atoms with Crippen molar-refractivity contribution in [2.75, 3.05) is 51.5 Å². The molecule has 16 nitrogen and oxygen atoms in total. The summed E-state index contributed by atoms with van der Waals surface area (Å²) in [5.41, 5.74) is 6.62. The van der Waals surface area contributed by atoms with Crippen LogP contribution in [-0.2, 0) is 0 Å². The van der Waals surface area contributed by atoms with Crippen molar-refractivity contribution in [1.29, 1.82) is 0 Å². The number of aromatic nitrogens is 10. The number of hydrogen-bond acceptors (Lipinski definition) is 14. The van der Waals surface area contributed by atoms with Crippen LogP contribution in [0.4, 0.5) is 34.9 Å². The van der Waals surface area contributed by atoms with Crippen LogP contribution < -0.4 is 30.7 Å². The van der Waals surface area contributed by atoms with Crippen LogP contribution in [0, 0.1) is 0 Å². The van der Waals surface area contributed by atoms with Gasteiger partial charge in [0.05, 0.1) is 36.6 Å². The standard InChI is InChI=1S/C26H35N9.C23H23N7/c1-3-22-25-32-29-17-34(25)23-16-28-26(31-24(23)35(22)21-6-4-5-7-21)30-18(2)19-8-10-20(11-9-19)33-14-12-27-13-15-33;1-3-19-22-28-25-15-29(22)20-14-24-23(26-16(2)17-10-6-4-7-11-17)27-21(20)30(19)18-12-8-5-9-13-18/h8-11,16-18,21-22,27H,3-7,12-15H2,1-2H3,(H,28,30,31);4-16,19H,3H2,1-2H3,(H,24,26,27). The highest BCUT2D eigenvalue weighted by Gasteiger charge is 2.39. The van der Waals surface area contributed by atoms with Gasteiger partial charge in [0.2, 0.25) is 11.9 Å². The number of benzene rings is 3. The van der Waals surface area contributed by atoms with Crippen LogP contribution in [0.25, 0.3) is 11.4 Å². The van der Waals surface area contributed by atoms with E-state index >= 15 is 0 Å². The summed E-state index contributed by atoms with van der Waals surface area (Å²) < 4.78 is 4.06. The Morgan fingerprint density at radius 3 is 1.77 bits per heavy atom. The summed E-state index contributed by atoms with van der Waals surface area (Å²) >= 11 is 0. The number of nitrogens with zero attached hydrogens (tertiary/aromatic N) is 13. The number of para-hydroxylation sites is 1. The minimum Gasteiger partial charge on any atom is -0.369 e. The lowest BCUT2D eigenvalue weighted by Crippen LogP contribution is -2.43. The van der Waals surface area contributed by atoms with Crippen LogP contribution in [0.2, 0.25) is 0 Å². The molecule has 7 aromatic rings. The maximum Gasteiger partial charge on any atom is 0.225 e. The van der Waals surface area contributed by atoms with Crippen molar-refractivity contribution in [3.8, 4) is 11.4 Å². The molecule has 1 aliphatic carbocycles. The molecule has 0 bridgehead atoms. The summed E-state index contributed by atoms with van der Waals surface area (Å²) in [4.78, 5) is 26.5. The topological polar surface area (TPSA) is 159 Å². The van der Waals surface area contributed by atoms with E-state index in [1.807, 2.05) is 53.4 Å². The van der Waals surface area contributed by atoms with Gasteiger partial charge in [0.25, 0.3) is 0 Å². The van der Waals surface area contributed by atoms with Gasteiger partial charge in [0.1, 0.15) is 24.0 Å². The van der Waals surface area contributed by atoms with E-state index < -0.39 is 0 Å². The van der Waals surface area contributed by atoms with Crippen LogP contribution in [0.1, 0.15) is 113 Å². The van der Waals surface area contributed by atoms with Crippen molar-refractivity contribution in [2.24, 2.45) is 0 Å². The molecule has 1 saturated heterocycles. The highest BCUT2D eigenvalue weighted by Crippen LogP contribution is 2.44. The van der Waals surface area contributed by atoms with Gasteiger partial charge in [0.15, 0.2) is 23.3 Å². The van der Waals surface area contributed by atoms with E-state index in [0.717, 1.165) is 79.4 Å². The Balaban J connectivity index is 0.000000155. The third-order valence-corrected chi connectivity index (χ3v) is 13.3. The Morgan fingerprint density at radius 2 is 1.17 bits per heavy atom. The average molecular weight is 871 g/mol. The number of fused-ring (bicyclic) bond motifs is 6. The molecule has 7 heterocycles. The lowest BCUT2D eigenvalue weighted by Gasteiger charge is -2.40. The van der Waals surface area contributed by atoms with Gasteiger partial charge in [-0.25, -0.2) is 9.97 Å². The third-order valence-electron chi connectivity index (χ3n) is 13.3. The molecule has 4 aromatic heterocycles. The van der Waals surface area contributed by atoms with E-state index in [0.29, 0.717) is 17.9 Å². The molecule has 11 rings (SSSR count). The van der Waals surface area contributed by atoms with E-state index in [2.05, 4.69) is 137 Å². The Hall–Kier alpha value is -6.94. The predicted octanol–water partition coefficient (Wildman–Crippen LogP) is 8.69. The molecular weight excluding hydrogens is 813 g/mol. The Labute approximate surface area is 380 Å². The van der Waals surface area contributed by atoms with Crippen LogP contribution in [0.15, 0.2) is 110 Å². The van der Waals surface area contributed by atoms with E-state index in [1.54, 1.807) is 12.7 Å². The SMILES string of the molecule is CCC1c2nncn2-c2cnc(NC(C)c3ccc(N4CCNCC4)cc3)nc2N1C1CCCC1.CCC1c2nncn2-c2cnc(NC(C)c3ccccc3)nc2N1c1ccccc1. The smallest absolute Gasteiger partial charge is 0.225 e. The first kappa shape index (κ1) is 42.0. The van der Waals surface area contributed by atoms with Crippen molar-refractivity contribution in [3.05, 3.63) is 133 Å². The average Bonchev–Trinajstić information content (AvgIpc) is 4.18. The van der Waals surface area contributed by atoms with Gasteiger partial charge in [-0.15, -0.1) is 20.4 Å². The molecule has 3 N–H and O–H groups in total. The molecular formula is C49H58N16. The summed E-state index contributed by atoms with van der Waals surface area (Å²) in [5, 5.41) is 27.7. The molecule has 3 aromatic carbocycles. The van der Waals surface area contributed by atoms with Gasteiger partial charge in [-0.2, -0.15) is 9.97 Å². The van der Waals surface area contributed by atoms with Gasteiger partial charge in [-0.1, -0.05) is 87.4 Å². The maximum absolute atomic E-state index is 5.08. The predicted molar refractivity (Wildman–Crippen MR) is 255 cm³/mol. The van der Waals surface area contributed by atoms with Gasteiger partial charge in [-0.05, 0) is 74.9 Å². The molecule has 2 fully saturated rings. The lowest BCUT2D eigenvalue weighted by molar-refractivity contribution is 0.469. The quantitative estimate of drug-likeness (QED) is 0.113. The van der Waals surface area contributed by atoms with E-state index in [9.17, 15) is 0 Å². The number of hydrogen-bond donors (Lipinski definition) is 3. The molecule has 4 unspecified atom stereocenters. The van der Waals surface area contributed by atoms with Crippen LogP contribution >= 0.6 is 0 Å². The largest absolute Gasteiger partial charge is 0.369 e. The fourth-order valence-electron chi connectivity index (χ4n) is 9.87. The van der Waals surface area contributed by atoms with Crippen molar-refractivity contribution in [2.45, 2.75) is 96.4 Å². The van der Waals surface area contributed by atoms with E-state index in [-0.39, 0.29) is 24.2 Å². The molecule has 1 saturated carbocycles. The molecule has 334 valence electrons. The monoisotopic (exact) mass is 871 g/mol. The first-order chi connectivity index (χ1) is 32.0. The van der Waals surface area contributed by atoms with Crippen molar-refractivity contribution >= 4 is 34.9 Å². The normalized spacial score (nSPS) is 18.7. The van der Waals surface area contributed by atoms with Crippen molar-refractivity contribution in [3.63, 3.8) is 0 Å². The summed E-state index contributed by atoms with van der Waals surface area (Å²) in [6.07, 6.45) is 14.1. The minimum atomic E-state index is 0.0386. The minimum absolute atomic E-state index is 0.0386. The summed E-state index contributed by atoms with van der Waals surface area (Å²) in [5.74, 6) is 4.99. The highest BCUT2D eigenvalue weighted by atomic mass is 15.4. The first-order valence-electron chi connectivity index (χ1n) is 23.3. The summed E-state index contributed by atoms with van der Waals surface area (Å²) in [6.45, 7) is 12.9. The summed E-state index contributed by atoms with van der Waals surface area (Å²) in [6, 6.07) is 30.4. The number of rotatable bonds is 11. The number of anilines is 6. The highest BCUT2D eigenvalue weighted by molar-refractivity contribution is 5.72. The molecule has 3 aliphatic heterocycles. The molecule has 0 spiro atoms. The summed E-state index contributed by atoms with van der Waals surface area (Å²) in [7, 11) is 0. The molecule has 0 amide bonds. The molecule has 65 heavy (non-hydrogen) atoms. The lowest BCUT2D eigenvalue weighted by atomic mass is 10.0. The zero-order valence-corrected chi connectivity index (χ0v) is 37.7. The van der Waals surface area contributed by atoms with Crippen molar-refractivity contribution in [1.82, 2.24) is 54.8 Å². The van der Waals surface area contributed by atoms with Crippen LogP contribution in [-0.4, -0.2) is 81.7 Å². The molecule has 16 heteroatoms. The second-order valence-corrected chi connectivity index (χ2v) is 17.3. The molecule has 0 radical (unpaired) electrons. The van der Waals surface area contributed by atoms with Crippen LogP contribution in [0.5, 0.6) is 0 Å². The van der Waals surface area contributed by atoms with Crippen molar-refractivity contribution < 1.29 is 0 Å². The first-order valence-corrected chi connectivity index (χ1v) is 23.3. The zero-order valence-electron chi connectivity index (χ0n) is 37.7. The Bertz CT molecular complexity index is 2650. The molecule has 4 atom stereocenters. The Kier molecular flexibility index (Phi) is 12.1.